The van der Waals surface area contributed by atoms with E-state index in [0.717, 1.165) is 22.5 Å². The molecule has 1 heterocycles. The predicted octanol–water partition coefficient (Wildman–Crippen LogP) is 4.17. The highest BCUT2D eigenvalue weighted by molar-refractivity contribution is 7.92. The highest BCUT2D eigenvalue weighted by Gasteiger charge is 2.24. The van der Waals surface area contributed by atoms with Gasteiger partial charge in [-0.05, 0) is 42.5 Å². The Morgan fingerprint density at radius 3 is 2.52 bits per heavy atom. The zero-order valence-electron chi connectivity index (χ0n) is 16.9. The standard InChI is InChI=1S/C20H19ClFN3O5S/c1-12(2)19-23-18(30-24-19)11-29-20(26)16-10-15(8-9-17(16)21)31(27,28)25(3)14-6-4-13(22)5-7-14/h4-10,12H,11H2,1-3H3. The van der Waals surface area contributed by atoms with E-state index < -0.39 is 21.8 Å². The molecule has 0 atom stereocenters. The van der Waals surface area contributed by atoms with Gasteiger partial charge < -0.3 is 9.26 Å². The smallest absolute Gasteiger partial charge is 0.340 e. The summed E-state index contributed by atoms with van der Waals surface area (Å²) in [7, 11) is -2.73. The lowest BCUT2D eigenvalue weighted by Gasteiger charge is -2.20. The summed E-state index contributed by atoms with van der Waals surface area (Å²) in [5, 5.41) is 3.79. The fraction of sp³-hybridized carbons (Fsp3) is 0.250. The average Bonchev–Trinajstić information content (AvgIpc) is 3.21. The molecular formula is C20H19ClFN3O5S. The fourth-order valence-electron chi connectivity index (χ4n) is 2.54. The quantitative estimate of drug-likeness (QED) is 0.480. The molecule has 0 fully saturated rings. The molecule has 3 rings (SSSR count). The van der Waals surface area contributed by atoms with E-state index in [1.807, 2.05) is 13.8 Å². The molecule has 0 aliphatic carbocycles. The molecule has 0 radical (unpaired) electrons. The maximum absolute atomic E-state index is 13.1. The van der Waals surface area contributed by atoms with Crippen LogP contribution in [-0.4, -0.2) is 31.6 Å². The number of sulfonamides is 1. The average molecular weight is 468 g/mol. The molecule has 0 saturated heterocycles. The molecule has 0 aliphatic rings. The minimum Gasteiger partial charge on any atom is -0.452 e. The second-order valence-electron chi connectivity index (χ2n) is 6.87. The van der Waals surface area contributed by atoms with Crippen LogP contribution in [0.2, 0.25) is 5.02 Å². The molecule has 0 aliphatic heterocycles. The number of anilines is 1. The Hall–Kier alpha value is -2.98. The number of esters is 1. The van der Waals surface area contributed by atoms with E-state index in [1.54, 1.807) is 0 Å². The third kappa shape index (κ3) is 5.02. The van der Waals surface area contributed by atoms with Crippen molar-refractivity contribution < 1.29 is 26.9 Å². The summed E-state index contributed by atoms with van der Waals surface area (Å²) < 4.78 is 50.2. The molecule has 3 aromatic rings. The Kier molecular flexibility index (Phi) is 6.61. The molecule has 11 heteroatoms. The van der Waals surface area contributed by atoms with Gasteiger partial charge in [0.2, 0.25) is 0 Å². The zero-order valence-corrected chi connectivity index (χ0v) is 18.4. The van der Waals surface area contributed by atoms with Crippen molar-refractivity contribution in [2.75, 3.05) is 11.4 Å². The van der Waals surface area contributed by atoms with Gasteiger partial charge in [0.05, 0.1) is 21.2 Å². The molecule has 0 N–H and O–H groups in total. The summed E-state index contributed by atoms with van der Waals surface area (Å²) >= 11 is 6.08. The van der Waals surface area contributed by atoms with Gasteiger partial charge in [-0.3, -0.25) is 4.31 Å². The normalized spacial score (nSPS) is 11.5. The van der Waals surface area contributed by atoms with Gasteiger partial charge in [-0.1, -0.05) is 30.6 Å². The SMILES string of the molecule is CC(C)c1noc(COC(=O)c2cc(S(=O)(=O)N(C)c3ccc(F)cc3)ccc2Cl)n1. The van der Waals surface area contributed by atoms with Gasteiger partial charge in [0.1, 0.15) is 5.82 Å². The largest absolute Gasteiger partial charge is 0.452 e. The van der Waals surface area contributed by atoms with Crippen molar-refractivity contribution in [3.63, 3.8) is 0 Å². The van der Waals surface area contributed by atoms with Gasteiger partial charge >= 0.3 is 5.97 Å². The molecule has 0 bridgehead atoms. The van der Waals surface area contributed by atoms with Crippen molar-refractivity contribution in [2.24, 2.45) is 0 Å². The lowest BCUT2D eigenvalue weighted by atomic mass is 10.2. The van der Waals surface area contributed by atoms with Crippen molar-refractivity contribution in [3.05, 3.63) is 70.6 Å². The van der Waals surface area contributed by atoms with Crippen molar-refractivity contribution in [3.8, 4) is 0 Å². The third-order valence-corrected chi connectivity index (χ3v) is 6.44. The first-order valence-corrected chi connectivity index (χ1v) is 10.9. The molecule has 2 aromatic carbocycles. The summed E-state index contributed by atoms with van der Waals surface area (Å²) in [4.78, 5) is 16.4. The maximum Gasteiger partial charge on any atom is 0.340 e. The van der Waals surface area contributed by atoms with Crippen LogP contribution < -0.4 is 4.31 Å². The third-order valence-electron chi connectivity index (χ3n) is 4.33. The molecule has 0 saturated carbocycles. The molecule has 31 heavy (non-hydrogen) atoms. The van der Waals surface area contributed by atoms with Crippen molar-refractivity contribution >= 4 is 33.3 Å². The van der Waals surface area contributed by atoms with E-state index in [2.05, 4.69) is 10.1 Å². The number of carbonyl (C=O) groups is 1. The first-order chi connectivity index (χ1) is 14.6. The monoisotopic (exact) mass is 467 g/mol. The van der Waals surface area contributed by atoms with Crippen LogP contribution in [0, 0.1) is 5.82 Å². The summed E-state index contributed by atoms with van der Waals surface area (Å²) in [6.45, 7) is 3.48. The van der Waals surface area contributed by atoms with Crippen molar-refractivity contribution in [2.45, 2.75) is 31.3 Å². The highest BCUT2D eigenvalue weighted by atomic mass is 35.5. The Bertz CT molecular complexity index is 1200. The highest BCUT2D eigenvalue weighted by Crippen LogP contribution is 2.26. The lowest BCUT2D eigenvalue weighted by Crippen LogP contribution is -2.26. The summed E-state index contributed by atoms with van der Waals surface area (Å²) in [5.74, 6) is -0.722. The van der Waals surface area contributed by atoms with Crippen LogP contribution in [0.5, 0.6) is 0 Å². The van der Waals surface area contributed by atoms with E-state index in [4.69, 9.17) is 20.9 Å². The van der Waals surface area contributed by atoms with Crippen LogP contribution >= 0.6 is 11.6 Å². The first kappa shape index (κ1) is 22.7. The molecule has 0 amide bonds. The summed E-state index contributed by atoms with van der Waals surface area (Å²) in [6.07, 6.45) is 0. The van der Waals surface area contributed by atoms with Gasteiger partial charge in [0.15, 0.2) is 12.4 Å². The molecule has 1 aromatic heterocycles. The van der Waals surface area contributed by atoms with E-state index in [9.17, 15) is 17.6 Å². The summed E-state index contributed by atoms with van der Waals surface area (Å²) in [5.41, 5.74) is 0.108. The van der Waals surface area contributed by atoms with Crippen LogP contribution in [0.1, 0.15) is 41.8 Å². The fourth-order valence-corrected chi connectivity index (χ4v) is 3.95. The topological polar surface area (TPSA) is 103 Å². The van der Waals surface area contributed by atoms with E-state index >= 15 is 0 Å². The minimum atomic E-state index is -4.05. The number of hydrogen-bond acceptors (Lipinski definition) is 7. The number of nitrogens with zero attached hydrogens (tertiary/aromatic N) is 3. The number of halogens is 2. The Morgan fingerprint density at radius 2 is 1.90 bits per heavy atom. The number of aromatic nitrogens is 2. The lowest BCUT2D eigenvalue weighted by molar-refractivity contribution is 0.0429. The van der Waals surface area contributed by atoms with Gasteiger partial charge in [-0.15, -0.1) is 0 Å². The van der Waals surface area contributed by atoms with Crippen LogP contribution in [0.15, 0.2) is 51.9 Å². The van der Waals surface area contributed by atoms with E-state index in [1.165, 1.54) is 31.3 Å². The van der Waals surface area contributed by atoms with E-state index in [0.29, 0.717) is 5.82 Å². The summed E-state index contributed by atoms with van der Waals surface area (Å²) in [6, 6.07) is 8.62. The number of hydrogen-bond donors (Lipinski definition) is 0. The molecule has 8 nitrogen and oxygen atoms in total. The van der Waals surface area contributed by atoms with Crippen molar-refractivity contribution in [1.82, 2.24) is 10.1 Å². The predicted molar refractivity (Wildman–Crippen MR) is 111 cm³/mol. The van der Waals surface area contributed by atoms with Crippen molar-refractivity contribution in [1.29, 1.82) is 0 Å². The van der Waals surface area contributed by atoms with Crippen LogP contribution in [0.25, 0.3) is 0 Å². The number of benzene rings is 2. The first-order valence-electron chi connectivity index (χ1n) is 9.13. The van der Waals surface area contributed by atoms with E-state index in [-0.39, 0.29) is 39.6 Å². The van der Waals surface area contributed by atoms with Gasteiger partial charge in [0, 0.05) is 13.0 Å². The molecule has 0 unspecified atom stereocenters. The molecule has 0 spiro atoms. The second kappa shape index (κ2) is 9.03. The Morgan fingerprint density at radius 1 is 1.23 bits per heavy atom. The number of ether oxygens (including phenoxy) is 1. The van der Waals surface area contributed by atoms with Gasteiger partial charge in [-0.25, -0.2) is 17.6 Å². The van der Waals surface area contributed by atoms with Crippen LogP contribution in [0.3, 0.4) is 0 Å². The zero-order chi connectivity index (χ0) is 22.8. The number of carbonyl (C=O) groups excluding carboxylic acids is 1. The van der Waals surface area contributed by atoms with Gasteiger partial charge in [-0.2, -0.15) is 4.98 Å². The molecule has 164 valence electrons. The van der Waals surface area contributed by atoms with Gasteiger partial charge in [0.25, 0.3) is 15.9 Å². The Labute approximate surface area is 183 Å². The number of rotatable bonds is 7. The second-order valence-corrected chi connectivity index (χ2v) is 9.24. The van der Waals surface area contributed by atoms with Crippen LogP contribution in [-0.2, 0) is 21.4 Å². The van der Waals surface area contributed by atoms with Crippen LogP contribution in [0.4, 0.5) is 10.1 Å². The minimum absolute atomic E-state index is 0.0155. The maximum atomic E-state index is 13.1. The Balaban J connectivity index is 1.81. The molecular weight excluding hydrogens is 449 g/mol.